The van der Waals surface area contributed by atoms with Crippen molar-refractivity contribution in [3.8, 4) is 11.5 Å². The summed E-state index contributed by atoms with van der Waals surface area (Å²) in [6.07, 6.45) is 8.31. The van der Waals surface area contributed by atoms with Gasteiger partial charge in [0.15, 0.2) is 17.5 Å². The van der Waals surface area contributed by atoms with E-state index in [1.807, 2.05) is 19.2 Å². The number of methoxy groups -OCH3 is 3. The third-order valence-corrected chi connectivity index (χ3v) is 5.74. The minimum atomic E-state index is 0. The minimum absolute atomic E-state index is 0. The standard InChI is InChI=1S/C22H37N3O3.HI/c1-23-21(25-17-22(13-15-26-2)11-5-6-12-22)24-14-7-8-18-9-10-19(27-3)20(16-18)28-4;/h9-10,16H,5-8,11-15,17H2,1-4H3,(H2,23,24,25);1H. The fraction of sp³-hybridized carbons (Fsp3) is 0.682. The second kappa shape index (κ2) is 13.9. The molecule has 1 aliphatic carbocycles. The maximum Gasteiger partial charge on any atom is 0.190 e. The fourth-order valence-corrected chi connectivity index (χ4v) is 3.99. The molecule has 7 heteroatoms. The van der Waals surface area contributed by atoms with Crippen LogP contribution < -0.4 is 20.1 Å². The predicted octanol–water partition coefficient (Wildman–Crippen LogP) is 4.02. The molecule has 0 unspecified atom stereocenters. The predicted molar refractivity (Wildman–Crippen MR) is 130 cm³/mol. The second-order valence-electron chi connectivity index (χ2n) is 7.60. The summed E-state index contributed by atoms with van der Waals surface area (Å²) in [4.78, 5) is 4.38. The zero-order chi connectivity index (χ0) is 20.2. The van der Waals surface area contributed by atoms with Crippen LogP contribution in [0.25, 0.3) is 0 Å². The van der Waals surface area contributed by atoms with E-state index in [1.54, 1.807) is 21.3 Å². The van der Waals surface area contributed by atoms with Crippen molar-refractivity contribution in [1.82, 2.24) is 10.6 Å². The third kappa shape index (κ3) is 8.20. The van der Waals surface area contributed by atoms with E-state index in [0.717, 1.165) is 56.4 Å². The first-order valence-electron chi connectivity index (χ1n) is 10.3. The van der Waals surface area contributed by atoms with Crippen molar-refractivity contribution in [2.45, 2.75) is 44.9 Å². The Morgan fingerprint density at radius 3 is 2.41 bits per heavy atom. The molecule has 1 aromatic carbocycles. The molecule has 1 aliphatic rings. The summed E-state index contributed by atoms with van der Waals surface area (Å²) in [6, 6.07) is 6.10. The lowest BCUT2D eigenvalue weighted by molar-refractivity contribution is 0.138. The average molecular weight is 519 g/mol. The van der Waals surface area contributed by atoms with Gasteiger partial charge in [-0.15, -0.1) is 24.0 Å². The summed E-state index contributed by atoms with van der Waals surface area (Å²) < 4.78 is 16.0. The van der Waals surface area contributed by atoms with Crippen LogP contribution in [0.3, 0.4) is 0 Å². The highest BCUT2D eigenvalue weighted by Gasteiger charge is 2.33. The highest BCUT2D eigenvalue weighted by molar-refractivity contribution is 14.0. The quantitative estimate of drug-likeness (QED) is 0.200. The molecule has 0 atom stereocenters. The Bertz CT molecular complexity index is 619. The summed E-state index contributed by atoms with van der Waals surface area (Å²) in [5.74, 6) is 2.43. The summed E-state index contributed by atoms with van der Waals surface area (Å²) in [5, 5.41) is 6.98. The zero-order valence-electron chi connectivity index (χ0n) is 18.4. The molecule has 29 heavy (non-hydrogen) atoms. The Morgan fingerprint density at radius 2 is 1.79 bits per heavy atom. The summed E-state index contributed by atoms with van der Waals surface area (Å²) in [5.41, 5.74) is 1.60. The van der Waals surface area contributed by atoms with Crippen LogP contribution in [0.1, 0.15) is 44.1 Å². The van der Waals surface area contributed by atoms with E-state index in [4.69, 9.17) is 14.2 Å². The van der Waals surface area contributed by atoms with E-state index in [0.29, 0.717) is 5.41 Å². The molecule has 0 heterocycles. The van der Waals surface area contributed by atoms with E-state index in [9.17, 15) is 0 Å². The number of halogens is 1. The van der Waals surface area contributed by atoms with Crippen molar-refractivity contribution in [1.29, 1.82) is 0 Å². The highest BCUT2D eigenvalue weighted by Crippen LogP contribution is 2.40. The molecule has 0 radical (unpaired) electrons. The van der Waals surface area contributed by atoms with Crippen molar-refractivity contribution < 1.29 is 14.2 Å². The largest absolute Gasteiger partial charge is 0.493 e. The lowest BCUT2D eigenvalue weighted by atomic mass is 9.83. The molecular weight excluding hydrogens is 481 g/mol. The van der Waals surface area contributed by atoms with Gasteiger partial charge in [0, 0.05) is 33.9 Å². The first kappa shape index (κ1) is 25.8. The molecule has 166 valence electrons. The number of nitrogens with zero attached hydrogens (tertiary/aromatic N) is 1. The molecule has 0 bridgehead atoms. The normalized spacial score (nSPS) is 15.5. The Labute approximate surface area is 193 Å². The smallest absolute Gasteiger partial charge is 0.190 e. The lowest BCUT2D eigenvalue weighted by Crippen LogP contribution is -2.43. The fourth-order valence-electron chi connectivity index (χ4n) is 3.99. The first-order chi connectivity index (χ1) is 13.7. The third-order valence-electron chi connectivity index (χ3n) is 5.74. The number of rotatable bonds is 11. The van der Waals surface area contributed by atoms with Crippen molar-refractivity contribution in [2.75, 3.05) is 48.1 Å². The molecule has 0 saturated heterocycles. The molecule has 0 aromatic heterocycles. The maximum atomic E-state index is 5.38. The number of ether oxygens (including phenoxy) is 3. The molecule has 2 rings (SSSR count). The first-order valence-corrected chi connectivity index (χ1v) is 10.3. The van der Waals surface area contributed by atoms with Crippen LogP contribution in [-0.2, 0) is 11.2 Å². The lowest BCUT2D eigenvalue weighted by Gasteiger charge is -2.30. The number of hydrogen-bond donors (Lipinski definition) is 2. The van der Waals surface area contributed by atoms with Crippen molar-refractivity contribution in [2.24, 2.45) is 10.4 Å². The van der Waals surface area contributed by atoms with Crippen LogP contribution >= 0.6 is 24.0 Å². The van der Waals surface area contributed by atoms with Crippen LogP contribution in [0, 0.1) is 5.41 Å². The van der Waals surface area contributed by atoms with Gasteiger partial charge in [-0.05, 0) is 55.2 Å². The van der Waals surface area contributed by atoms with E-state index in [1.165, 1.54) is 31.2 Å². The number of aliphatic imine (C=N–C) groups is 1. The molecule has 0 amide bonds. The second-order valence-corrected chi connectivity index (χ2v) is 7.60. The van der Waals surface area contributed by atoms with Gasteiger partial charge < -0.3 is 24.8 Å². The van der Waals surface area contributed by atoms with Gasteiger partial charge in [-0.2, -0.15) is 0 Å². The minimum Gasteiger partial charge on any atom is -0.493 e. The highest BCUT2D eigenvalue weighted by atomic mass is 127. The number of guanidine groups is 1. The SMILES string of the molecule is CN=C(NCCCc1ccc(OC)c(OC)c1)NCC1(CCOC)CCCC1.I. The Kier molecular flexibility index (Phi) is 12.4. The Balaban J connectivity index is 0.00000420. The molecule has 6 nitrogen and oxygen atoms in total. The van der Waals surface area contributed by atoms with Crippen molar-refractivity contribution in [3.63, 3.8) is 0 Å². The molecule has 0 aliphatic heterocycles. The van der Waals surface area contributed by atoms with Crippen LogP contribution in [0.4, 0.5) is 0 Å². The Morgan fingerprint density at radius 1 is 1.07 bits per heavy atom. The number of hydrogen-bond acceptors (Lipinski definition) is 4. The number of aryl methyl sites for hydroxylation is 1. The van der Waals surface area contributed by atoms with E-state index in [-0.39, 0.29) is 24.0 Å². The van der Waals surface area contributed by atoms with Gasteiger partial charge in [-0.25, -0.2) is 0 Å². The molecule has 1 aromatic rings. The molecule has 0 spiro atoms. The summed E-state index contributed by atoms with van der Waals surface area (Å²) in [6.45, 7) is 2.67. The average Bonchev–Trinajstić information content (AvgIpc) is 3.20. The molecule has 2 N–H and O–H groups in total. The molecule has 1 saturated carbocycles. The van der Waals surface area contributed by atoms with Gasteiger partial charge in [-0.3, -0.25) is 4.99 Å². The zero-order valence-corrected chi connectivity index (χ0v) is 20.7. The van der Waals surface area contributed by atoms with Gasteiger partial charge in [0.05, 0.1) is 14.2 Å². The van der Waals surface area contributed by atoms with Gasteiger partial charge >= 0.3 is 0 Å². The van der Waals surface area contributed by atoms with Crippen LogP contribution in [0.5, 0.6) is 11.5 Å². The van der Waals surface area contributed by atoms with Crippen LogP contribution in [-0.4, -0.2) is 54.0 Å². The summed E-state index contributed by atoms with van der Waals surface area (Å²) in [7, 11) is 6.95. The van der Waals surface area contributed by atoms with E-state index >= 15 is 0 Å². The number of nitrogens with one attached hydrogen (secondary N) is 2. The van der Waals surface area contributed by atoms with E-state index < -0.39 is 0 Å². The van der Waals surface area contributed by atoms with Crippen molar-refractivity contribution in [3.05, 3.63) is 23.8 Å². The van der Waals surface area contributed by atoms with E-state index in [2.05, 4.69) is 21.7 Å². The summed E-state index contributed by atoms with van der Waals surface area (Å²) >= 11 is 0. The Hall–Kier alpha value is -1.22. The topological polar surface area (TPSA) is 64.1 Å². The molecular formula is C22H38IN3O3. The van der Waals surface area contributed by atoms with Gasteiger partial charge in [-0.1, -0.05) is 18.9 Å². The van der Waals surface area contributed by atoms with Gasteiger partial charge in [0.25, 0.3) is 0 Å². The van der Waals surface area contributed by atoms with Crippen LogP contribution in [0.15, 0.2) is 23.2 Å². The van der Waals surface area contributed by atoms with Gasteiger partial charge in [0.1, 0.15) is 0 Å². The van der Waals surface area contributed by atoms with Crippen LogP contribution in [0.2, 0.25) is 0 Å². The number of benzene rings is 1. The molecule has 1 fully saturated rings. The van der Waals surface area contributed by atoms with Gasteiger partial charge in [0.2, 0.25) is 0 Å². The monoisotopic (exact) mass is 519 g/mol. The van der Waals surface area contributed by atoms with Crippen molar-refractivity contribution >= 4 is 29.9 Å². The maximum absolute atomic E-state index is 5.38.